The number of fused-ring (bicyclic) bond motifs is 1. The van der Waals surface area contributed by atoms with Gasteiger partial charge in [-0.2, -0.15) is 0 Å². The van der Waals surface area contributed by atoms with E-state index in [1.807, 2.05) is 24.3 Å². The van der Waals surface area contributed by atoms with E-state index in [-0.39, 0.29) is 17.3 Å². The molecule has 3 rings (SSSR count). The monoisotopic (exact) mass is 328 g/mol. The van der Waals surface area contributed by atoms with Gasteiger partial charge in [0.15, 0.2) is 0 Å². The Hall–Kier alpha value is -2.93. The number of amides is 1. The summed E-state index contributed by atoms with van der Waals surface area (Å²) in [7, 11) is 1.44. The number of non-ortho nitro benzene ring substituents is 1. The second kappa shape index (κ2) is 6.05. The van der Waals surface area contributed by atoms with E-state index in [1.165, 1.54) is 36.6 Å². The molecule has 0 aliphatic rings. The van der Waals surface area contributed by atoms with E-state index >= 15 is 0 Å². The van der Waals surface area contributed by atoms with E-state index in [1.54, 1.807) is 6.07 Å². The molecule has 0 unspecified atom stereocenters. The number of hydrogen-bond donors (Lipinski definition) is 1. The van der Waals surface area contributed by atoms with Crippen molar-refractivity contribution in [1.82, 2.24) is 0 Å². The topological polar surface area (TPSA) is 81.5 Å². The summed E-state index contributed by atoms with van der Waals surface area (Å²) in [6, 6.07) is 13.5. The number of rotatable bonds is 4. The minimum Gasteiger partial charge on any atom is -0.495 e. The lowest BCUT2D eigenvalue weighted by Crippen LogP contribution is -2.11. The molecule has 1 N–H and O–H groups in total. The van der Waals surface area contributed by atoms with Crippen molar-refractivity contribution in [2.45, 2.75) is 0 Å². The van der Waals surface area contributed by atoms with Crippen LogP contribution < -0.4 is 10.1 Å². The first-order chi connectivity index (χ1) is 11.1. The fourth-order valence-electron chi connectivity index (χ4n) is 2.18. The Morgan fingerprint density at radius 1 is 1.22 bits per heavy atom. The molecule has 0 bridgehead atoms. The molecular weight excluding hydrogens is 316 g/mol. The zero-order chi connectivity index (χ0) is 16.4. The Morgan fingerprint density at radius 2 is 2.00 bits per heavy atom. The summed E-state index contributed by atoms with van der Waals surface area (Å²) >= 11 is 1.36. The van der Waals surface area contributed by atoms with Crippen LogP contribution in [-0.2, 0) is 0 Å². The smallest absolute Gasteiger partial charge is 0.271 e. The van der Waals surface area contributed by atoms with Gasteiger partial charge in [-0.15, -0.1) is 11.3 Å². The summed E-state index contributed by atoms with van der Waals surface area (Å²) in [4.78, 5) is 23.3. The quantitative estimate of drug-likeness (QED) is 0.578. The highest BCUT2D eigenvalue weighted by Crippen LogP contribution is 2.31. The Morgan fingerprint density at radius 3 is 2.70 bits per heavy atom. The average Bonchev–Trinajstić information content (AvgIpc) is 2.99. The zero-order valence-corrected chi connectivity index (χ0v) is 12.9. The van der Waals surface area contributed by atoms with Crippen molar-refractivity contribution in [2.24, 2.45) is 0 Å². The first kappa shape index (κ1) is 15.0. The first-order valence-corrected chi connectivity index (χ1v) is 7.52. The Kier molecular flexibility index (Phi) is 3.94. The number of benzene rings is 2. The molecule has 0 saturated carbocycles. The van der Waals surface area contributed by atoms with Crippen molar-refractivity contribution in [2.75, 3.05) is 12.4 Å². The number of ether oxygens (including phenoxy) is 1. The van der Waals surface area contributed by atoms with E-state index in [9.17, 15) is 14.9 Å². The lowest BCUT2D eigenvalue weighted by Gasteiger charge is -2.09. The van der Waals surface area contributed by atoms with E-state index < -0.39 is 4.92 Å². The van der Waals surface area contributed by atoms with Gasteiger partial charge in [-0.3, -0.25) is 14.9 Å². The van der Waals surface area contributed by atoms with Crippen LogP contribution >= 0.6 is 11.3 Å². The molecule has 6 nitrogen and oxygen atoms in total. The number of nitro benzene ring substituents is 1. The molecule has 7 heteroatoms. The molecule has 0 aliphatic carbocycles. The van der Waals surface area contributed by atoms with Crippen LogP contribution in [0.1, 0.15) is 9.67 Å². The van der Waals surface area contributed by atoms with Gasteiger partial charge in [0, 0.05) is 16.8 Å². The number of thiophene rings is 1. The summed E-state index contributed by atoms with van der Waals surface area (Å²) in [5.74, 6) is 0.0371. The maximum absolute atomic E-state index is 12.4. The molecule has 116 valence electrons. The number of carbonyl (C=O) groups excluding carboxylic acids is 1. The SMILES string of the molecule is COc1ccc([N+](=O)[O-])cc1NC(=O)c1cc2ccccc2s1. The van der Waals surface area contributed by atoms with Gasteiger partial charge in [0.05, 0.1) is 22.6 Å². The third-order valence-corrected chi connectivity index (χ3v) is 4.41. The molecule has 0 spiro atoms. The van der Waals surface area contributed by atoms with Gasteiger partial charge in [0.2, 0.25) is 0 Å². The van der Waals surface area contributed by atoms with Crippen LogP contribution in [0.3, 0.4) is 0 Å². The summed E-state index contributed by atoms with van der Waals surface area (Å²) in [5, 5.41) is 14.5. The largest absolute Gasteiger partial charge is 0.495 e. The molecule has 0 aliphatic heterocycles. The Bertz CT molecular complexity index is 871. The Balaban J connectivity index is 1.92. The van der Waals surface area contributed by atoms with E-state index in [0.717, 1.165) is 10.1 Å². The van der Waals surface area contributed by atoms with Gasteiger partial charge < -0.3 is 10.1 Å². The predicted molar refractivity (Wildman–Crippen MR) is 89.4 cm³/mol. The maximum Gasteiger partial charge on any atom is 0.271 e. The van der Waals surface area contributed by atoms with E-state index in [2.05, 4.69) is 5.32 Å². The number of nitro groups is 1. The fourth-order valence-corrected chi connectivity index (χ4v) is 3.14. The standard InChI is InChI=1S/C16H12N2O4S/c1-22-13-7-6-11(18(20)21)9-12(13)17-16(19)15-8-10-4-2-3-5-14(10)23-15/h2-9H,1H3,(H,17,19). The average molecular weight is 328 g/mol. The van der Waals surface area contributed by atoms with Gasteiger partial charge in [0.25, 0.3) is 11.6 Å². The number of anilines is 1. The van der Waals surface area contributed by atoms with Gasteiger partial charge in [-0.25, -0.2) is 0 Å². The van der Waals surface area contributed by atoms with Crippen molar-refractivity contribution >= 4 is 38.7 Å². The number of nitrogens with one attached hydrogen (secondary N) is 1. The molecule has 0 atom stereocenters. The summed E-state index contributed by atoms with van der Waals surface area (Å²) in [6.45, 7) is 0. The van der Waals surface area contributed by atoms with Crippen molar-refractivity contribution in [1.29, 1.82) is 0 Å². The second-order valence-corrected chi connectivity index (χ2v) is 5.83. The molecule has 1 heterocycles. The Labute approximate surface area is 135 Å². The van der Waals surface area contributed by atoms with Crippen LogP contribution in [0.25, 0.3) is 10.1 Å². The van der Waals surface area contributed by atoms with Crippen molar-refractivity contribution in [3.63, 3.8) is 0 Å². The molecule has 0 radical (unpaired) electrons. The lowest BCUT2D eigenvalue weighted by molar-refractivity contribution is -0.384. The minimum atomic E-state index is -0.519. The first-order valence-electron chi connectivity index (χ1n) is 6.71. The molecule has 0 fully saturated rings. The number of carbonyl (C=O) groups is 1. The molecule has 3 aromatic rings. The molecule has 23 heavy (non-hydrogen) atoms. The summed E-state index contributed by atoms with van der Waals surface area (Å²) in [5.41, 5.74) is 0.154. The third kappa shape index (κ3) is 3.00. The normalized spacial score (nSPS) is 10.5. The van der Waals surface area contributed by atoms with Crippen LogP contribution in [0, 0.1) is 10.1 Å². The van der Waals surface area contributed by atoms with Crippen LogP contribution in [-0.4, -0.2) is 17.9 Å². The molecular formula is C16H12N2O4S. The molecule has 2 aromatic carbocycles. The van der Waals surface area contributed by atoms with Crippen LogP contribution in [0.2, 0.25) is 0 Å². The molecule has 1 amide bonds. The van der Waals surface area contributed by atoms with Crippen LogP contribution in [0.15, 0.2) is 48.5 Å². The highest BCUT2D eigenvalue weighted by atomic mass is 32.1. The number of hydrogen-bond acceptors (Lipinski definition) is 5. The van der Waals surface area contributed by atoms with Crippen molar-refractivity contribution in [3.05, 3.63) is 63.5 Å². The van der Waals surface area contributed by atoms with Gasteiger partial charge >= 0.3 is 0 Å². The minimum absolute atomic E-state index is 0.113. The summed E-state index contributed by atoms with van der Waals surface area (Å²) < 4.78 is 6.15. The van der Waals surface area contributed by atoms with Crippen LogP contribution in [0.5, 0.6) is 5.75 Å². The van der Waals surface area contributed by atoms with Gasteiger partial charge in [-0.05, 0) is 23.6 Å². The van der Waals surface area contributed by atoms with Crippen LogP contribution in [0.4, 0.5) is 11.4 Å². The van der Waals surface area contributed by atoms with Crippen molar-refractivity contribution in [3.8, 4) is 5.75 Å². The fraction of sp³-hybridized carbons (Fsp3) is 0.0625. The molecule has 1 aromatic heterocycles. The van der Waals surface area contributed by atoms with E-state index in [0.29, 0.717) is 10.6 Å². The van der Waals surface area contributed by atoms with Gasteiger partial charge in [-0.1, -0.05) is 18.2 Å². The number of nitrogens with zero attached hydrogens (tertiary/aromatic N) is 1. The van der Waals surface area contributed by atoms with Crippen molar-refractivity contribution < 1.29 is 14.5 Å². The maximum atomic E-state index is 12.4. The molecule has 0 saturated heterocycles. The van der Waals surface area contributed by atoms with E-state index in [4.69, 9.17) is 4.74 Å². The highest BCUT2D eigenvalue weighted by Gasteiger charge is 2.16. The zero-order valence-electron chi connectivity index (χ0n) is 12.1. The predicted octanol–water partition coefficient (Wildman–Crippen LogP) is 4.07. The third-order valence-electron chi connectivity index (χ3n) is 3.29. The lowest BCUT2D eigenvalue weighted by atomic mass is 10.2. The van der Waals surface area contributed by atoms with Gasteiger partial charge in [0.1, 0.15) is 5.75 Å². The summed E-state index contributed by atoms with van der Waals surface area (Å²) in [6.07, 6.45) is 0. The number of methoxy groups -OCH3 is 1. The second-order valence-electron chi connectivity index (χ2n) is 4.74. The highest BCUT2D eigenvalue weighted by molar-refractivity contribution is 7.20.